The lowest BCUT2D eigenvalue weighted by atomic mass is 10.4. The van der Waals surface area contributed by atoms with Crippen LogP contribution in [-0.2, 0) is 7.05 Å². The molecule has 1 aromatic heterocycles. The Kier molecular flexibility index (Phi) is 4.12. The first-order valence-corrected chi connectivity index (χ1v) is 4.30. The SMILES string of the molecule is CSc1cc(C(=N)N)nn1C.Cl. The van der Waals surface area contributed by atoms with Gasteiger partial charge in [-0.1, -0.05) is 0 Å². The monoisotopic (exact) mass is 206 g/mol. The summed E-state index contributed by atoms with van der Waals surface area (Å²) in [6, 6.07) is 1.80. The molecule has 4 nitrogen and oxygen atoms in total. The number of aryl methyl sites for hydroxylation is 1. The summed E-state index contributed by atoms with van der Waals surface area (Å²) < 4.78 is 1.71. The second-order valence-electron chi connectivity index (χ2n) is 2.11. The van der Waals surface area contributed by atoms with E-state index in [4.69, 9.17) is 11.1 Å². The van der Waals surface area contributed by atoms with Gasteiger partial charge in [0.1, 0.15) is 11.5 Å². The van der Waals surface area contributed by atoms with Gasteiger partial charge < -0.3 is 5.73 Å². The smallest absolute Gasteiger partial charge is 0.143 e. The van der Waals surface area contributed by atoms with Crippen LogP contribution in [0.4, 0.5) is 0 Å². The Morgan fingerprint density at radius 1 is 1.75 bits per heavy atom. The maximum atomic E-state index is 7.11. The molecule has 3 N–H and O–H groups in total. The van der Waals surface area contributed by atoms with Crippen LogP contribution < -0.4 is 5.73 Å². The number of halogens is 1. The molecule has 0 saturated carbocycles. The summed E-state index contributed by atoms with van der Waals surface area (Å²) in [4.78, 5) is 0. The third kappa shape index (κ3) is 2.15. The van der Waals surface area contributed by atoms with Crippen molar-refractivity contribution >= 4 is 30.0 Å². The number of nitrogen functional groups attached to an aromatic ring is 1. The van der Waals surface area contributed by atoms with Gasteiger partial charge in [0, 0.05) is 13.1 Å². The Labute approximate surface area is 81.4 Å². The molecule has 0 saturated heterocycles. The second kappa shape index (κ2) is 4.37. The molecule has 1 heterocycles. The van der Waals surface area contributed by atoms with Gasteiger partial charge >= 0.3 is 0 Å². The summed E-state index contributed by atoms with van der Waals surface area (Å²) in [5, 5.41) is 12.1. The Balaban J connectivity index is 0.00000121. The summed E-state index contributed by atoms with van der Waals surface area (Å²) in [6.07, 6.45) is 1.96. The van der Waals surface area contributed by atoms with Gasteiger partial charge in [-0.3, -0.25) is 10.1 Å². The van der Waals surface area contributed by atoms with Crippen LogP contribution in [-0.4, -0.2) is 21.9 Å². The van der Waals surface area contributed by atoms with Crippen molar-refractivity contribution in [3.05, 3.63) is 11.8 Å². The Morgan fingerprint density at radius 2 is 2.33 bits per heavy atom. The van der Waals surface area contributed by atoms with Gasteiger partial charge in [-0.25, -0.2) is 0 Å². The topological polar surface area (TPSA) is 67.7 Å². The average Bonchev–Trinajstić information content (AvgIpc) is 2.31. The summed E-state index contributed by atoms with van der Waals surface area (Å²) in [6.45, 7) is 0. The lowest BCUT2D eigenvalue weighted by Gasteiger charge is -1.92. The maximum Gasteiger partial charge on any atom is 0.143 e. The molecule has 0 aliphatic heterocycles. The van der Waals surface area contributed by atoms with Gasteiger partial charge in [0.2, 0.25) is 0 Å². The summed E-state index contributed by atoms with van der Waals surface area (Å²) in [5.74, 6) is 0.0147. The van der Waals surface area contributed by atoms with Crippen LogP contribution in [0.25, 0.3) is 0 Å². The van der Waals surface area contributed by atoms with Gasteiger partial charge in [0.15, 0.2) is 0 Å². The van der Waals surface area contributed by atoms with Crippen molar-refractivity contribution < 1.29 is 0 Å². The molecule has 0 aliphatic carbocycles. The molecule has 0 bridgehead atoms. The molecule has 0 aromatic carbocycles. The van der Waals surface area contributed by atoms with E-state index in [1.165, 1.54) is 0 Å². The lowest BCUT2D eigenvalue weighted by Crippen LogP contribution is -2.11. The van der Waals surface area contributed by atoms with E-state index in [2.05, 4.69) is 5.10 Å². The van der Waals surface area contributed by atoms with E-state index in [1.807, 2.05) is 13.3 Å². The zero-order valence-corrected chi connectivity index (χ0v) is 8.50. The highest BCUT2D eigenvalue weighted by molar-refractivity contribution is 7.98. The fourth-order valence-corrected chi connectivity index (χ4v) is 1.31. The molecule has 0 unspecified atom stereocenters. The Hall–Kier alpha value is -0.680. The number of nitrogens with one attached hydrogen (secondary N) is 1. The van der Waals surface area contributed by atoms with Gasteiger partial charge in [0.05, 0.1) is 5.03 Å². The predicted octanol–water partition coefficient (Wildman–Crippen LogP) is 0.848. The zero-order valence-electron chi connectivity index (χ0n) is 6.87. The number of hydrogen-bond acceptors (Lipinski definition) is 3. The van der Waals surface area contributed by atoms with Crippen molar-refractivity contribution in [3.63, 3.8) is 0 Å². The molecular formula is C6H11ClN4S. The van der Waals surface area contributed by atoms with E-state index in [9.17, 15) is 0 Å². The number of amidine groups is 1. The minimum Gasteiger partial charge on any atom is -0.382 e. The number of thioether (sulfide) groups is 1. The first-order chi connectivity index (χ1) is 5.15. The summed E-state index contributed by atoms with van der Waals surface area (Å²) in [7, 11) is 1.83. The summed E-state index contributed by atoms with van der Waals surface area (Å²) in [5.41, 5.74) is 5.79. The molecule has 1 aromatic rings. The molecular weight excluding hydrogens is 196 g/mol. The quantitative estimate of drug-likeness (QED) is 0.428. The van der Waals surface area contributed by atoms with Crippen molar-refractivity contribution in [2.45, 2.75) is 5.03 Å². The number of hydrogen-bond donors (Lipinski definition) is 2. The number of nitrogens with zero attached hydrogens (tertiary/aromatic N) is 2. The molecule has 1 rings (SSSR count). The van der Waals surface area contributed by atoms with Crippen molar-refractivity contribution in [2.24, 2.45) is 12.8 Å². The fraction of sp³-hybridized carbons (Fsp3) is 0.333. The Bertz CT molecular complexity index is 283. The van der Waals surface area contributed by atoms with Crippen molar-refractivity contribution in [3.8, 4) is 0 Å². The fourth-order valence-electron chi connectivity index (χ4n) is 0.773. The van der Waals surface area contributed by atoms with E-state index in [-0.39, 0.29) is 18.2 Å². The minimum absolute atomic E-state index is 0. The first kappa shape index (κ1) is 11.3. The second-order valence-corrected chi connectivity index (χ2v) is 2.94. The summed E-state index contributed by atoms with van der Waals surface area (Å²) >= 11 is 1.58. The van der Waals surface area contributed by atoms with Gasteiger partial charge in [-0.15, -0.1) is 24.2 Å². The molecule has 0 radical (unpaired) electrons. The molecule has 6 heteroatoms. The van der Waals surface area contributed by atoms with Crippen LogP contribution in [0.15, 0.2) is 11.1 Å². The van der Waals surface area contributed by atoms with Crippen molar-refractivity contribution in [2.75, 3.05) is 6.26 Å². The number of nitrogens with two attached hydrogens (primary N) is 1. The Morgan fingerprint density at radius 3 is 2.58 bits per heavy atom. The van der Waals surface area contributed by atoms with Crippen LogP contribution >= 0.6 is 24.2 Å². The first-order valence-electron chi connectivity index (χ1n) is 3.07. The number of rotatable bonds is 2. The third-order valence-corrected chi connectivity index (χ3v) is 2.12. The van der Waals surface area contributed by atoms with Gasteiger partial charge in [-0.2, -0.15) is 5.10 Å². The average molecular weight is 207 g/mol. The van der Waals surface area contributed by atoms with E-state index in [1.54, 1.807) is 22.5 Å². The molecule has 12 heavy (non-hydrogen) atoms. The maximum absolute atomic E-state index is 7.11. The standard InChI is InChI=1S/C6H10N4S.ClH/c1-10-5(11-2)3-4(9-10)6(7)8;/h3H,1-2H3,(H3,7,8);1H. The minimum atomic E-state index is 0. The molecule has 0 amide bonds. The van der Waals surface area contributed by atoms with Gasteiger partial charge in [0.25, 0.3) is 0 Å². The van der Waals surface area contributed by atoms with E-state index in [0.29, 0.717) is 5.69 Å². The highest BCUT2D eigenvalue weighted by atomic mass is 35.5. The molecule has 0 spiro atoms. The zero-order chi connectivity index (χ0) is 8.43. The van der Waals surface area contributed by atoms with Crippen molar-refractivity contribution in [1.82, 2.24) is 9.78 Å². The van der Waals surface area contributed by atoms with Crippen LogP contribution in [0.2, 0.25) is 0 Å². The molecule has 68 valence electrons. The lowest BCUT2D eigenvalue weighted by molar-refractivity contribution is 0.697. The van der Waals surface area contributed by atoms with Crippen LogP contribution in [0, 0.1) is 5.41 Å². The van der Waals surface area contributed by atoms with E-state index >= 15 is 0 Å². The van der Waals surface area contributed by atoms with E-state index < -0.39 is 0 Å². The van der Waals surface area contributed by atoms with Gasteiger partial charge in [-0.05, 0) is 6.26 Å². The predicted molar refractivity (Wildman–Crippen MR) is 53.3 cm³/mol. The number of aromatic nitrogens is 2. The largest absolute Gasteiger partial charge is 0.382 e. The molecule has 0 atom stereocenters. The van der Waals surface area contributed by atoms with Crippen LogP contribution in [0.3, 0.4) is 0 Å². The molecule has 0 aliphatic rings. The van der Waals surface area contributed by atoms with Crippen molar-refractivity contribution in [1.29, 1.82) is 5.41 Å². The third-order valence-electron chi connectivity index (χ3n) is 1.32. The van der Waals surface area contributed by atoms with Crippen LogP contribution in [0.1, 0.15) is 5.69 Å². The normalized spacial score (nSPS) is 9.17. The van der Waals surface area contributed by atoms with E-state index in [0.717, 1.165) is 5.03 Å². The highest BCUT2D eigenvalue weighted by Crippen LogP contribution is 2.13. The van der Waals surface area contributed by atoms with Crippen LogP contribution in [0.5, 0.6) is 0 Å². The molecule has 0 fully saturated rings. The highest BCUT2D eigenvalue weighted by Gasteiger charge is 2.04.